The highest BCUT2D eigenvalue weighted by Crippen LogP contribution is 2.42. The first-order valence-corrected chi connectivity index (χ1v) is 7.74. The van der Waals surface area contributed by atoms with Crippen molar-refractivity contribution in [3.05, 3.63) is 34.9 Å². The predicted octanol–water partition coefficient (Wildman–Crippen LogP) is 2.39. The van der Waals surface area contributed by atoms with Crippen LogP contribution in [0.3, 0.4) is 0 Å². The summed E-state index contributed by atoms with van der Waals surface area (Å²) < 4.78 is 0. The maximum Gasteiger partial charge on any atom is 0.244 e. The summed E-state index contributed by atoms with van der Waals surface area (Å²) in [7, 11) is 3.38. The zero-order chi connectivity index (χ0) is 14.9. The Morgan fingerprint density at radius 1 is 1.45 bits per heavy atom. The van der Waals surface area contributed by atoms with Crippen LogP contribution >= 0.6 is 23.4 Å². The number of halogens is 1. The van der Waals surface area contributed by atoms with Gasteiger partial charge in [-0.05, 0) is 13.0 Å². The molecule has 1 aliphatic rings. The molecule has 1 saturated heterocycles. The number of thioether (sulfide) groups is 1. The molecule has 0 bridgehead atoms. The van der Waals surface area contributed by atoms with Crippen molar-refractivity contribution in [2.45, 2.75) is 18.3 Å². The zero-order valence-electron chi connectivity index (χ0n) is 11.7. The van der Waals surface area contributed by atoms with Gasteiger partial charge in [-0.3, -0.25) is 9.59 Å². The molecule has 0 saturated carbocycles. The van der Waals surface area contributed by atoms with Gasteiger partial charge in [0.15, 0.2) is 0 Å². The van der Waals surface area contributed by atoms with Crippen LogP contribution in [0.15, 0.2) is 24.3 Å². The summed E-state index contributed by atoms with van der Waals surface area (Å²) in [5.74, 6) is 0.265. The van der Waals surface area contributed by atoms with Crippen LogP contribution < -0.4 is 0 Å². The zero-order valence-corrected chi connectivity index (χ0v) is 13.2. The molecule has 0 aromatic heterocycles. The Balaban J connectivity index is 2.32. The third-order valence-electron chi connectivity index (χ3n) is 3.29. The first-order valence-electron chi connectivity index (χ1n) is 6.32. The molecule has 1 aliphatic heterocycles. The summed E-state index contributed by atoms with van der Waals surface area (Å²) in [6.07, 6.45) is 0. The van der Waals surface area contributed by atoms with E-state index in [0.717, 1.165) is 5.56 Å². The minimum absolute atomic E-state index is 0.0254. The molecule has 2 atom stereocenters. The largest absolute Gasteiger partial charge is 0.347 e. The molecule has 1 aromatic carbocycles. The fraction of sp³-hybridized carbons (Fsp3) is 0.429. The quantitative estimate of drug-likeness (QED) is 0.860. The Labute approximate surface area is 128 Å². The van der Waals surface area contributed by atoms with Crippen LogP contribution in [0.1, 0.15) is 17.9 Å². The van der Waals surface area contributed by atoms with E-state index >= 15 is 0 Å². The molecule has 1 aromatic rings. The van der Waals surface area contributed by atoms with E-state index in [2.05, 4.69) is 0 Å². The third-order valence-corrected chi connectivity index (χ3v) is 4.85. The lowest BCUT2D eigenvalue weighted by Gasteiger charge is -2.31. The number of amides is 2. The number of likely N-dealkylation sites (N-methyl/N-ethyl adjacent to an activating group) is 1. The number of nitrogens with zero attached hydrogens (tertiary/aromatic N) is 2. The molecule has 0 spiro atoms. The highest BCUT2D eigenvalue weighted by Gasteiger charge is 2.39. The van der Waals surface area contributed by atoms with E-state index in [1.807, 2.05) is 18.2 Å². The molecular weight excluding hydrogens is 296 g/mol. The van der Waals surface area contributed by atoms with Gasteiger partial charge in [0.25, 0.3) is 0 Å². The molecule has 1 heterocycles. The Hall–Kier alpha value is -1.20. The van der Waals surface area contributed by atoms with Gasteiger partial charge in [-0.15, -0.1) is 11.8 Å². The van der Waals surface area contributed by atoms with Crippen molar-refractivity contribution >= 4 is 35.2 Å². The molecule has 20 heavy (non-hydrogen) atoms. The van der Waals surface area contributed by atoms with Crippen molar-refractivity contribution in [2.75, 3.05) is 19.8 Å². The van der Waals surface area contributed by atoms with Gasteiger partial charge in [0, 0.05) is 24.7 Å². The van der Waals surface area contributed by atoms with Gasteiger partial charge in [0.05, 0.1) is 5.75 Å². The average Bonchev–Trinajstić information content (AvgIpc) is 2.79. The maximum atomic E-state index is 12.1. The van der Waals surface area contributed by atoms with E-state index in [9.17, 15) is 9.59 Å². The normalized spacial score (nSPS) is 20.1. The van der Waals surface area contributed by atoms with Crippen LogP contribution in [0, 0.1) is 0 Å². The van der Waals surface area contributed by atoms with E-state index in [1.54, 1.807) is 32.0 Å². The van der Waals surface area contributed by atoms with E-state index in [4.69, 9.17) is 11.6 Å². The lowest BCUT2D eigenvalue weighted by molar-refractivity contribution is -0.142. The highest BCUT2D eigenvalue weighted by molar-refractivity contribution is 8.00. The van der Waals surface area contributed by atoms with Gasteiger partial charge in [0.1, 0.15) is 11.4 Å². The molecule has 108 valence electrons. The Morgan fingerprint density at radius 2 is 2.10 bits per heavy atom. The minimum atomic E-state index is -0.492. The van der Waals surface area contributed by atoms with Gasteiger partial charge in [-0.2, -0.15) is 0 Å². The van der Waals surface area contributed by atoms with E-state index in [1.165, 1.54) is 16.7 Å². The van der Waals surface area contributed by atoms with Gasteiger partial charge >= 0.3 is 0 Å². The number of hydrogen-bond donors (Lipinski definition) is 0. The van der Waals surface area contributed by atoms with Crippen molar-refractivity contribution < 1.29 is 9.59 Å². The van der Waals surface area contributed by atoms with Crippen molar-refractivity contribution in [3.63, 3.8) is 0 Å². The van der Waals surface area contributed by atoms with Gasteiger partial charge in [0.2, 0.25) is 11.8 Å². The third kappa shape index (κ3) is 2.79. The fourth-order valence-corrected chi connectivity index (χ4v) is 3.86. The molecule has 2 amide bonds. The van der Waals surface area contributed by atoms with Crippen molar-refractivity contribution in [1.82, 2.24) is 9.80 Å². The predicted molar refractivity (Wildman–Crippen MR) is 81.7 cm³/mol. The van der Waals surface area contributed by atoms with Crippen LogP contribution in [-0.2, 0) is 9.59 Å². The standard InChI is InChI=1S/C14H17ClN2O2S/c1-9(13(19)16(2)3)17-12(18)8-20-14(17)10-6-4-5-7-11(10)15/h4-7,9,14H,8H2,1-3H3/t9-,14-/m0/s1. The second-order valence-electron chi connectivity index (χ2n) is 4.89. The maximum absolute atomic E-state index is 12.1. The second-order valence-corrected chi connectivity index (χ2v) is 6.37. The van der Waals surface area contributed by atoms with E-state index in [0.29, 0.717) is 10.8 Å². The van der Waals surface area contributed by atoms with Crippen LogP contribution in [0.4, 0.5) is 0 Å². The second kappa shape index (κ2) is 6.06. The van der Waals surface area contributed by atoms with E-state index < -0.39 is 6.04 Å². The molecule has 0 N–H and O–H groups in total. The Kier molecular flexibility index (Phi) is 4.60. The van der Waals surface area contributed by atoms with Crippen LogP contribution in [0.5, 0.6) is 0 Å². The summed E-state index contributed by atoms with van der Waals surface area (Å²) in [6.45, 7) is 1.76. The van der Waals surface area contributed by atoms with Crippen molar-refractivity contribution in [3.8, 4) is 0 Å². The fourth-order valence-electron chi connectivity index (χ4n) is 2.26. The lowest BCUT2D eigenvalue weighted by Crippen LogP contribution is -2.46. The van der Waals surface area contributed by atoms with Gasteiger partial charge in [-0.25, -0.2) is 0 Å². The van der Waals surface area contributed by atoms with Crippen molar-refractivity contribution in [2.24, 2.45) is 0 Å². The number of carbonyl (C=O) groups excluding carboxylic acids is 2. The molecule has 0 unspecified atom stereocenters. The molecule has 0 aliphatic carbocycles. The van der Waals surface area contributed by atoms with Crippen LogP contribution in [-0.4, -0.2) is 47.5 Å². The topological polar surface area (TPSA) is 40.6 Å². The number of hydrogen-bond acceptors (Lipinski definition) is 3. The van der Waals surface area contributed by atoms with Crippen LogP contribution in [0.25, 0.3) is 0 Å². The highest BCUT2D eigenvalue weighted by atomic mass is 35.5. The van der Waals surface area contributed by atoms with Gasteiger partial charge < -0.3 is 9.80 Å². The summed E-state index contributed by atoms with van der Waals surface area (Å²) >= 11 is 7.72. The Bertz CT molecular complexity index is 536. The SMILES string of the molecule is C[C@@H](C(=O)N(C)C)N1C(=O)CS[C@H]1c1ccccc1Cl. The summed E-state index contributed by atoms with van der Waals surface area (Å²) in [5.41, 5.74) is 0.878. The monoisotopic (exact) mass is 312 g/mol. The van der Waals surface area contributed by atoms with Gasteiger partial charge in [-0.1, -0.05) is 29.8 Å². The first-order chi connectivity index (χ1) is 9.43. The lowest BCUT2D eigenvalue weighted by atomic mass is 10.1. The van der Waals surface area contributed by atoms with Crippen LogP contribution in [0.2, 0.25) is 5.02 Å². The average molecular weight is 313 g/mol. The summed E-state index contributed by atoms with van der Waals surface area (Å²) in [4.78, 5) is 27.4. The molecular formula is C14H17ClN2O2S. The van der Waals surface area contributed by atoms with Crippen molar-refractivity contribution in [1.29, 1.82) is 0 Å². The first kappa shape index (κ1) is 15.2. The molecule has 0 radical (unpaired) electrons. The number of carbonyl (C=O) groups is 2. The molecule has 6 heteroatoms. The smallest absolute Gasteiger partial charge is 0.244 e. The number of benzene rings is 1. The molecule has 4 nitrogen and oxygen atoms in total. The summed E-state index contributed by atoms with van der Waals surface area (Å²) in [6, 6.07) is 6.96. The summed E-state index contributed by atoms with van der Waals surface area (Å²) in [5, 5.41) is 0.421. The molecule has 1 fully saturated rings. The minimum Gasteiger partial charge on any atom is -0.347 e. The van der Waals surface area contributed by atoms with E-state index in [-0.39, 0.29) is 17.2 Å². The molecule has 2 rings (SSSR count). The Morgan fingerprint density at radius 3 is 2.70 bits per heavy atom. The number of rotatable bonds is 3.